The Balaban J connectivity index is 0.000000196. The summed E-state index contributed by atoms with van der Waals surface area (Å²) in [5.74, 6) is 0.848. The summed E-state index contributed by atoms with van der Waals surface area (Å²) in [4.78, 5) is 29.3. The number of halogens is 1. The zero-order valence-corrected chi connectivity index (χ0v) is 14.0. The molecule has 0 N–H and O–H groups in total. The van der Waals surface area contributed by atoms with Gasteiger partial charge in [0.1, 0.15) is 23.4 Å². The largest absolute Gasteiger partial charge is 0.357 e. The standard InChI is InChI=1S/C10H13N3O2.C5H3ClN2O2/c14-13(15)9-4-5-10(11-8-9)12-6-2-1-3-7-12;6-5-2-1-4(3-7-5)8(9)10/h4-5,8H,1-3,6-7H2;1-3H. The van der Waals surface area contributed by atoms with Crippen molar-refractivity contribution < 1.29 is 9.85 Å². The zero-order chi connectivity index (χ0) is 18.2. The first-order chi connectivity index (χ1) is 12.0. The summed E-state index contributed by atoms with van der Waals surface area (Å²) in [6, 6.07) is 5.91. The third kappa shape index (κ3) is 5.64. The fourth-order valence-electron chi connectivity index (χ4n) is 2.27. The van der Waals surface area contributed by atoms with Crippen molar-refractivity contribution in [3.8, 4) is 0 Å². The second-order valence-corrected chi connectivity index (χ2v) is 5.66. The Kier molecular flexibility index (Phi) is 6.58. The number of hydrogen-bond donors (Lipinski definition) is 0. The van der Waals surface area contributed by atoms with Gasteiger partial charge >= 0.3 is 0 Å². The van der Waals surface area contributed by atoms with Crippen LogP contribution in [0.3, 0.4) is 0 Å². The van der Waals surface area contributed by atoms with Crippen molar-refractivity contribution >= 4 is 28.8 Å². The van der Waals surface area contributed by atoms with Crippen LogP contribution in [0.15, 0.2) is 36.7 Å². The molecule has 9 nitrogen and oxygen atoms in total. The summed E-state index contributed by atoms with van der Waals surface area (Å²) in [5, 5.41) is 20.7. The van der Waals surface area contributed by atoms with E-state index >= 15 is 0 Å². The van der Waals surface area contributed by atoms with Crippen LogP contribution in [0.5, 0.6) is 0 Å². The molecule has 0 atom stereocenters. The minimum Gasteiger partial charge on any atom is -0.357 e. The van der Waals surface area contributed by atoms with Crippen molar-refractivity contribution in [2.45, 2.75) is 19.3 Å². The smallest absolute Gasteiger partial charge is 0.287 e. The Bertz CT molecular complexity index is 718. The van der Waals surface area contributed by atoms with Gasteiger partial charge in [-0.15, -0.1) is 0 Å². The molecule has 0 aromatic carbocycles. The minimum atomic E-state index is -0.524. The molecule has 0 radical (unpaired) electrons. The summed E-state index contributed by atoms with van der Waals surface area (Å²) in [7, 11) is 0. The SMILES string of the molecule is O=[N+]([O-])c1ccc(Cl)nc1.O=[N+]([O-])c1ccc(N2CCCCC2)nc1. The number of hydrogen-bond acceptors (Lipinski definition) is 7. The van der Waals surface area contributed by atoms with Crippen molar-refractivity contribution in [3.63, 3.8) is 0 Å². The second-order valence-electron chi connectivity index (χ2n) is 5.28. The molecule has 10 heteroatoms. The average Bonchev–Trinajstić information content (AvgIpc) is 2.63. The highest BCUT2D eigenvalue weighted by Crippen LogP contribution is 2.19. The molecule has 0 saturated carbocycles. The second kappa shape index (κ2) is 8.88. The van der Waals surface area contributed by atoms with Crippen LogP contribution in [0.4, 0.5) is 17.2 Å². The lowest BCUT2D eigenvalue weighted by Gasteiger charge is -2.27. The van der Waals surface area contributed by atoms with Crippen molar-refractivity contribution in [2.75, 3.05) is 18.0 Å². The molecule has 132 valence electrons. The fraction of sp³-hybridized carbons (Fsp3) is 0.333. The van der Waals surface area contributed by atoms with Gasteiger partial charge in [-0.05, 0) is 31.4 Å². The summed E-state index contributed by atoms with van der Waals surface area (Å²) in [5.41, 5.74) is 0.000148. The summed E-state index contributed by atoms with van der Waals surface area (Å²) in [6.45, 7) is 2.01. The number of nitro groups is 2. The number of nitrogens with zero attached hydrogens (tertiary/aromatic N) is 5. The Hall–Kier alpha value is -2.81. The summed E-state index contributed by atoms with van der Waals surface area (Å²) < 4.78 is 0. The summed E-state index contributed by atoms with van der Waals surface area (Å²) >= 11 is 5.38. The van der Waals surface area contributed by atoms with Crippen LogP contribution in [-0.2, 0) is 0 Å². The number of pyridine rings is 2. The topological polar surface area (TPSA) is 115 Å². The van der Waals surface area contributed by atoms with E-state index in [1.165, 1.54) is 43.7 Å². The third-order valence-corrected chi connectivity index (χ3v) is 3.77. The number of anilines is 1. The molecule has 0 spiro atoms. The fourth-order valence-corrected chi connectivity index (χ4v) is 2.38. The van der Waals surface area contributed by atoms with E-state index in [4.69, 9.17) is 11.6 Å². The van der Waals surface area contributed by atoms with E-state index in [1.807, 2.05) is 0 Å². The first-order valence-corrected chi connectivity index (χ1v) is 7.96. The molecule has 2 aromatic heterocycles. The van der Waals surface area contributed by atoms with Crippen LogP contribution in [0.2, 0.25) is 5.15 Å². The first kappa shape index (κ1) is 18.5. The molecule has 2 aromatic rings. The number of aromatic nitrogens is 2. The van der Waals surface area contributed by atoms with Crippen molar-refractivity contribution in [1.82, 2.24) is 9.97 Å². The van der Waals surface area contributed by atoms with E-state index < -0.39 is 9.85 Å². The van der Waals surface area contributed by atoms with Crippen LogP contribution in [-0.4, -0.2) is 32.9 Å². The molecule has 0 unspecified atom stereocenters. The van der Waals surface area contributed by atoms with Crippen molar-refractivity contribution in [1.29, 1.82) is 0 Å². The molecular formula is C15H16ClN5O4. The van der Waals surface area contributed by atoms with E-state index in [9.17, 15) is 20.2 Å². The van der Waals surface area contributed by atoms with Crippen LogP contribution in [0.25, 0.3) is 0 Å². The van der Waals surface area contributed by atoms with Crippen molar-refractivity contribution in [2.24, 2.45) is 0 Å². The molecule has 1 aliphatic heterocycles. The zero-order valence-electron chi connectivity index (χ0n) is 13.2. The minimum absolute atomic E-state index is 0.0515. The highest BCUT2D eigenvalue weighted by molar-refractivity contribution is 6.29. The van der Waals surface area contributed by atoms with Gasteiger partial charge in [-0.3, -0.25) is 20.2 Å². The monoisotopic (exact) mass is 365 g/mol. The highest BCUT2D eigenvalue weighted by Gasteiger charge is 2.13. The lowest BCUT2D eigenvalue weighted by Crippen LogP contribution is -2.29. The van der Waals surface area contributed by atoms with E-state index in [0.717, 1.165) is 25.1 Å². The van der Waals surface area contributed by atoms with Crippen LogP contribution >= 0.6 is 11.6 Å². The summed E-state index contributed by atoms with van der Waals surface area (Å²) in [6.07, 6.45) is 6.06. The number of piperidine rings is 1. The molecular weight excluding hydrogens is 350 g/mol. The molecule has 0 amide bonds. The Morgan fingerprint density at radius 3 is 1.88 bits per heavy atom. The quantitative estimate of drug-likeness (QED) is 0.463. The van der Waals surface area contributed by atoms with Gasteiger partial charge in [0, 0.05) is 25.2 Å². The van der Waals surface area contributed by atoms with Gasteiger partial charge in [-0.25, -0.2) is 9.97 Å². The molecule has 25 heavy (non-hydrogen) atoms. The molecule has 1 saturated heterocycles. The van der Waals surface area contributed by atoms with Crippen LogP contribution in [0, 0.1) is 20.2 Å². The molecule has 0 aliphatic carbocycles. The average molecular weight is 366 g/mol. The van der Waals surface area contributed by atoms with Gasteiger partial charge in [0.15, 0.2) is 0 Å². The number of rotatable bonds is 3. The van der Waals surface area contributed by atoms with Gasteiger partial charge in [0.25, 0.3) is 11.4 Å². The molecule has 3 rings (SSSR count). The van der Waals surface area contributed by atoms with Crippen LogP contribution in [0.1, 0.15) is 19.3 Å². The van der Waals surface area contributed by atoms with E-state index in [2.05, 4.69) is 14.9 Å². The van der Waals surface area contributed by atoms with Crippen molar-refractivity contribution in [3.05, 3.63) is 62.0 Å². The normalized spacial score (nSPS) is 13.6. The lowest BCUT2D eigenvalue weighted by molar-refractivity contribution is -0.385. The van der Waals surface area contributed by atoms with Crippen LogP contribution < -0.4 is 4.90 Å². The molecule has 3 heterocycles. The van der Waals surface area contributed by atoms with E-state index in [1.54, 1.807) is 6.07 Å². The Morgan fingerprint density at radius 1 is 0.880 bits per heavy atom. The molecule has 0 bridgehead atoms. The van der Waals surface area contributed by atoms with E-state index in [-0.39, 0.29) is 16.5 Å². The van der Waals surface area contributed by atoms with Gasteiger partial charge in [-0.1, -0.05) is 11.6 Å². The maximum atomic E-state index is 10.4. The van der Waals surface area contributed by atoms with Gasteiger partial charge in [-0.2, -0.15) is 0 Å². The Morgan fingerprint density at radius 2 is 1.44 bits per heavy atom. The Labute approximate surface area is 148 Å². The lowest BCUT2D eigenvalue weighted by atomic mass is 10.1. The molecule has 1 fully saturated rings. The van der Waals surface area contributed by atoms with E-state index in [0.29, 0.717) is 0 Å². The van der Waals surface area contributed by atoms with Gasteiger partial charge in [0.2, 0.25) is 0 Å². The predicted molar refractivity (Wildman–Crippen MR) is 92.9 cm³/mol. The molecule has 1 aliphatic rings. The van der Waals surface area contributed by atoms with Gasteiger partial charge < -0.3 is 4.90 Å². The highest BCUT2D eigenvalue weighted by atomic mass is 35.5. The maximum Gasteiger partial charge on any atom is 0.287 e. The van der Waals surface area contributed by atoms with Gasteiger partial charge in [0.05, 0.1) is 9.85 Å². The predicted octanol–water partition coefficient (Wildman–Crippen LogP) is 3.62. The third-order valence-electron chi connectivity index (χ3n) is 3.55. The maximum absolute atomic E-state index is 10.4. The first-order valence-electron chi connectivity index (χ1n) is 7.58.